The third-order valence-corrected chi connectivity index (χ3v) is 4.04. The summed E-state index contributed by atoms with van der Waals surface area (Å²) in [6.45, 7) is 0. The van der Waals surface area contributed by atoms with Crippen molar-refractivity contribution in [3.05, 3.63) is 54.4 Å². The number of fused-ring (bicyclic) bond motifs is 2. The second-order valence-electron chi connectivity index (χ2n) is 5.50. The highest BCUT2D eigenvalue weighted by molar-refractivity contribution is 6.00. The lowest BCUT2D eigenvalue weighted by atomic mass is 10.2. The van der Waals surface area contributed by atoms with E-state index < -0.39 is 0 Å². The number of aromatic nitrogens is 4. The van der Waals surface area contributed by atoms with Crippen LogP contribution in [-0.4, -0.2) is 41.3 Å². The van der Waals surface area contributed by atoms with Gasteiger partial charge >= 0.3 is 0 Å². The first-order valence-corrected chi connectivity index (χ1v) is 7.55. The van der Waals surface area contributed by atoms with Crippen molar-refractivity contribution in [1.29, 1.82) is 0 Å². The Labute approximate surface area is 146 Å². The van der Waals surface area contributed by atoms with Gasteiger partial charge in [0.15, 0.2) is 5.84 Å². The van der Waals surface area contributed by atoms with Gasteiger partial charge in [0.2, 0.25) is 11.9 Å². The maximum Gasteiger partial charge on any atom is 0.244 e. The van der Waals surface area contributed by atoms with E-state index in [2.05, 4.69) is 20.3 Å². The zero-order valence-electron chi connectivity index (χ0n) is 13.4. The molecule has 130 valence electrons. The third kappa shape index (κ3) is 2.20. The summed E-state index contributed by atoms with van der Waals surface area (Å²) in [4.78, 5) is 8.92. The molecule has 10 nitrogen and oxygen atoms in total. The van der Waals surface area contributed by atoms with Crippen molar-refractivity contribution in [3.8, 4) is 5.95 Å². The van der Waals surface area contributed by atoms with Gasteiger partial charge in [-0.2, -0.15) is 0 Å². The highest BCUT2D eigenvalue weighted by Gasteiger charge is 2.17. The molecule has 0 atom stereocenters. The van der Waals surface area contributed by atoms with Crippen molar-refractivity contribution < 1.29 is 10.4 Å². The summed E-state index contributed by atoms with van der Waals surface area (Å²) >= 11 is 0. The second kappa shape index (κ2) is 5.77. The lowest BCUT2D eigenvalue weighted by Gasteiger charge is -2.08. The molecule has 0 radical (unpaired) electrons. The number of oxime groups is 2. The smallest absolute Gasteiger partial charge is 0.244 e. The van der Waals surface area contributed by atoms with E-state index in [1.54, 1.807) is 29.1 Å². The van der Waals surface area contributed by atoms with Gasteiger partial charge < -0.3 is 21.9 Å². The molecule has 26 heavy (non-hydrogen) atoms. The van der Waals surface area contributed by atoms with E-state index in [0.717, 1.165) is 5.52 Å². The molecule has 2 aromatic heterocycles. The molecular weight excluding hydrogens is 336 g/mol. The Morgan fingerprint density at radius 3 is 2.54 bits per heavy atom. The average molecular weight is 350 g/mol. The van der Waals surface area contributed by atoms with E-state index in [1.165, 1.54) is 4.57 Å². The number of hydrogen-bond acceptors (Lipinski definition) is 6. The summed E-state index contributed by atoms with van der Waals surface area (Å²) in [5, 5.41) is 24.1. The van der Waals surface area contributed by atoms with E-state index in [-0.39, 0.29) is 11.8 Å². The van der Waals surface area contributed by atoms with E-state index in [0.29, 0.717) is 28.1 Å². The molecule has 0 spiro atoms. The van der Waals surface area contributed by atoms with Gasteiger partial charge in [-0.3, -0.25) is 4.57 Å². The summed E-state index contributed by atoms with van der Waals surface area (Å²) in [7, 11) is 0. The summed E-state index contributed by atoms with van der Waals surface area (Å²) in [6, 6.07) is 12.5. The Balaban J connectivity index is 1.99. The van der Waals surface area contributed by atoms with Crippen LogP contribution in [0.4, 0.5) is 0 Å². The normalized spacial score (nSPS) is 12.9. The van der Waals surface area contributed by atoms with Crippen LogP contribution in [0.2, 0.25) is 0 Å². The summed E-state index contributed by atoms with van der Waals surface area (Å²) < 4.78 is 3.23. The standard InChI is InChI=1S/C16H14N8O2/c17-14(21-25)9-5-6-12-11(7-9)19-8-23(12)16-20-10-3-1-2-4-13(10)24(16)15(18)22-26/h1-8,25-26H,(H2,17,21)(H2,18,22). The van der Waals surface area contributed by atoms with Crippen molar-refractivity contribution in [3.63, 3.8) is 0 Å². The van der Waals surface area contributed by atoms with Gasteiger partial charge in [0.25, 0.3) is 0 Å². The second-order valence-corrected chi connectivity index (χ2v) is 5.50. The Morgan fingerprint density at radius 2 is 1.77 bits per heavy atom. The largest absolute Gasteiger partial charge is 0.409 e. The first-order valence-electron chi connectivity index (χ1n) is 7.55. The lowest BCUT2D eigenvalue weighted by molar-refractivity contribution is 0.316. The summed E-state index contributed by atoms with van der Waals surface area (Å²) in [5.74, 6) is 0.287. The average Bonchev–Trinajstić information content (AvgIpc) is 3.27. The fourth-order valence-electron chi connectivity index (χ4n) is 2.83. The monoisotopic (exact) mass is 350 g/mol. The zero-order chi connectivity index (χ0) is 18.3. The van der Waals surface area contributed by atoms with E-state index in [4.69, 9.17) is 21.9 Å². The number of hydrogen-bond donors (Lipinski definition) is 4. The number of amidine groups is 1. The maximum absolute atomic E-state index is 9.16. The molecule has 4 aromatic rings. The molecule has 0 aliphatic rings. The molecule has 0 amide bonds. The predicted octanol–water partition coefficient (Wildman–Crippen LogP) is 1.02. The van der Waals surface area contributed by atoms with E-state index in [1.807, 2.05) is 24.3 Å². The minimum Gasteiger partial charge on any atom is -0.409 e. The van der Waals surface area contributed by atoms with Crippen molar-refractivity contribution >= 4 is 33.9 Å². The first-order chi connectivity index (χ1) is 12.6. The molecule has 0 aliphatic heterocycles. The number of benzene rings is 2. The minimum atomic E-state index is -0.121. The molecule has 0 bridgehead atoms. The van der Waals surface area contributed by atoms with Gasteiger partial charge in [-0.1, -0.05) is 22.4 Å². The van der Waals surface area contributed by atoms with Crippen LogP contribution in [0.1, 0.15) is 5.56 Å². The fourth-order valence-corrected chi connectivity index (χ4v) is 2.83. The maximum atomic E-state index is 9.16. The summed E-state index contributed by atoms with van der Waals surface area (Å²) in [5.41, 5.74) is 14.7. The Bertz CT molecular complexity index is 1190. The topological polar surface area (TPSA) is 153 Å². The molecule has 4 rings (SSSR count). The molecule has 0 saturated carbocycles. The van der Waals surface area contributed by atoms with Crippen molar-refractivity contribution in [2.75, 3.05) is 0 Å². The minimum absolute atomic E-state index is 0.00894. The van der Waals surface area contributed by atoms with Crippen LogP contribution >= 0.6 is 0 Å². The SMILES string of the molecule is NC(=NO)c1ccc2c(c1)ncn2-c1nc2ccccc2n1C(N)=NO. The molecule has 10 heteroatoms. The van der Waals surface area contributed by atoms with Gasteiger partial charge in [-0.25, -0.2) is 14.5 Å². The number of nitrogens with zero attached hydrogens (tertiary/aromatic N) is 6. The highest BCUT2D eigenvalue weighted by atomic mass is 16.4. The molecule has 0 saturated heterocycles. The van der Waals surface area contributed by atoms with Gasteiger partial charge in [0.1, 0.15) is 6.33 Å². The van der Waals surface area contributed by atoms with Gasteiger partial charge in [-0.05, 0) is 30.3 Å². The van der Waals surface area contributed by atoms with Crippen LogP contribution in [0.5, 0.6) is 0 Å². The Kier molecular flexibility index (Phi) is 3.43. The van der Waals surface area contributed by atoms with Crippen LogP contribution in [0.15, 0.2) is 59.1 Å². The van der Waals surface area contributed by atoms with Crippen LogP contribution in [0, 0.1) is 0 Å². The van der Waals surface area contributed by atoms with Crippen molar-refractivity contribution in [2.45, 2.75) is 0 Å². The van der Waals surface area contributed by atoms with Crippen LogP contribution in [-0.2, 0) is 0 Å². The number of nitrogens with two attached hydrogens (primary N) is 2. The molecule has 0 aliphatic carbocycles. The third-order valence-electron chi connectivity index (χ3n) is 4.04. The van der Waals surface area contributed by atoms with Crippen LogP contribution in [0.3, 0.4) is 0 Å². The van der Waals surface area contributed by atoms with E-state index in [9.17, 15) is 0 Å². The van der Waals surface area contributed by atoms with Crippen molar-refractivity contribution in [1.82, 2.24) is 19.1 Å². The van der Waals surface area contributed by atoms with Crippen LogP contribution in [0.25, 0.3) is 28.0 Å². The fraction of sp³-hybridized carbons (Fsp3) is 0. The molecular formula is C16H14N8O2. The van der Waals surface area contributed by atoms with Gasteiger partial charge in [0.05, 0.1) is 22.1 Å². The molecule has 2 aromatic carbocycles. The quantitative estimate of drug-likeness (QED) is 0.183. The zero-order valence-corrected chi connectivity index (χ0v) is 13.4. The number of para-hydroxylation sites is 2. The predicted molar refractivity (Wildman–Crippen MR) is 95.7 cm³/mol. The van der Waals surface area contributed by atoms with Gasteiger partial charge in [-0.15, -0.1) is 0 Å². The number of imidazole rings is 2. The first kappa shape index (κ1) is 15.4. The number of rotatable bonds is 2. The summed E-state index contributed by atoms with van der Waals surface area (Å²) in [6.07, 6.45) is 1.57. The lowest BCUT2D eigenvalue weighted by Crippen LogP contribution is -2.24. The van der Waals surface area contributed by atoms with Crippen LogP contribution < -0.4 is 11.5 Å². The Hall–Kier alpha value is -4.08. The molecule has 0 fully saturated rings. The molecule has 0 unspecified atom stereocenters. The van der Waals surface area contributed by atoms with Crippen molar-refractivity contribution in [2.24, 2.45) is 21.8 Å². The highest BCUT2D eigenvalue weighted by Crippen LogP contribution is 2.23. The molecule has 6 N–H and O–H groups in total. The Morgan fingerprint density at radius 1 is 0.962 bits per heavy atom. The van der Waals surface area contributed by atoms with Gasteiger partial charge in [0, 0.05) is 5.56 Å². The molecule has 2 heterocycles. The van der Waals surface area contributed by atoms with E-state index >= 15 is 0 Å².